The molecule has 0 aliphatic carbocycles. The molecule has 45 heavy (non-hydrogen) atoms. The van der Waals surface area contributed by atoms with Gasteiger partial charge in [-0.15, -0.1) is 0 Å². The number of ether oxygens (including phenoxy) is 3. The van der Waals surface area contributed by atoms with E-state index in [1.807, 2.05) is 91.0 Å². The van der Waals surface area contributed by atoms with Gasteiger partial charge in [-0.05, 0) is 98.4 Å². The summed E-state index contributed by atoms with van der Waals surface area (Å²) in [4.78, 5) is 19.4. The summed E-state index contributed by atoms with van der Waals surface area (Å²) in [5.74, 6) is 1.88. The molecule has 1 saturated heterocycles. The van der Waals surface area contributed by atoms with Gasteiger partial charge in [-0.25, -0.2) is 0 Å². The van der Waals surface area contributed by atoms with Crippen LogP contribution in [0.5, 0.6) is 17.2 Å². The normalized spacial score (nSPS) is 16.8. The van der Waals surface area contributed by atoms with Crippen LogP contribution >= 0.6 is 12.2 Å². The molecule has 5 aromatic rings. The van der Waals surface area contributed by atoms with Gasteiger partial charge in [-0.1, -0.05) is 24.3 Å². The van der Waals surface area contributed by atoms with Crippen LogP contribution in [0.3, 0.4) is 0 Å². The highest BCUT2D eigenvalue weighted by Gasteiger charge is 2.42. The summed E-state index contributed by atoms with van der Waals surface area (Å²) in [5.41, 5.74) is 6.71. The van der Waals surface area contributed by atoms with Crippen LogP contribution in [0, 0.1) is 13.8 Å². The molecule has 0 spiro atoms. The molecule has 2 aromatic heterocycles. The first-order chi connectivity index (χ1) is 22.0. The molecule has 0 saturated carbocycles. The summed E-state index contributed by atoms with van der Waals surface area (Å²) < 4.78 is 19.0. The van der Waals surface area contributed by atoms with Gasteiger partial charge in [0, 0.05) is 40.7 Å². The Balaban J connectivity index is 1.19. The topological polar surface area (TPSA) is 89.9 Å². The van der Waals surface area contributed by atoms with E-state index in [2.05, 4.69) is 40.0 Å². The highest BCUT2D eigenvalue weighted by atomic mass is 32.1. The average molecular weight is 618 g/mol. The Hall–Kier alpha value is -5.35. The first kappa shape index (κ1) is 28.4. The molecule has 0 bridgehead atoms. The third kappa shape index (κ3) is 5.56. The maximum Gasteiger partial charge on any atom is 0.262 e. The summed E-state index contributed by atoms with van der Waals surface area (Å²) in [5, 5.41) is 7.04. The number of fused-ring (bicyclic) bond motifs is 1. The van der Waals surface area contributed by atoms with E-state index in [1.165, 1.54) is 0 Å². The fourth-order valence-electron chi connectivity index (χ4n) is 6.03. The van der Waals surface area contributed by atoms with Gasteiger partial charge in [0.05, 0.1) is 17.8 Å². The highest BCUT2D eigenvalue weighted by molar-refractivity contribution is 7.80. The van der Waals surface area contributed by atoms with Crippen molar-refractivity contribution in [3.8, 4) is 22.9 Å². The van der Waals surface area contributed by atoms with Gasteiger partial charge in [-0.2, -0.15) is 0 Å². The summed E-state index contributed by atoms with van der Waals surface area (Å²) in [7, 11) is 0. The number of carbonyl (C=O) groups excluding carboxylic acids is 1. The lowest BCUT2D eigenvalue weighted by Gasteiger charge is -2.28. The molecule has 9 nitrogen and oxygen atoms in total. The summed E-state index contributed by atoms with van der Waals surface area (Å²) >= 11 is 5.95. The third-order valence-electron chi connectivity index (χ3n) is 8.04. The van der Waals surface area contributed by atoms with E-state index in [4.69, 9.17) is 31.4 Å². The van der Waals surface area contributed by atoms with E-state index in [0.29, 0.717) is 16.5 Å². The number of pyridine rings is 1. The van der Waals surface area contributed by atoms with Crippen LogP contribution in [0.15, 0.2) is 103 Å². The number of aromatic nitrogens is 2. The van der Waals surface area contributed by atoms with Crippen molar-refractivity contribution in [3.05, 3.63) is 126 Å². The first-order valence-corrected chi connectivity index (χ1v) is 15.0. The van der Waals surface area contributed by atoms with Crippen LogP contribution in [0.1, 0.15) is 34.7 Å². The SMILES string of the molecule is Cc1cc([C@H]2[C@H](c3ccccn3)NC(=S)N2c2ccc(NC(=O)COc3ccccc3)cc2)c(C)n1-c1ccc2c(c1)OCO2. The molecular weight excluding hydrogens is 586 g/mol. The minimum Gasteiger partial charge on any atom is -0.484 e. The maximum absolute atomic E-state index is 12.6. The lowest BCUT2D eigenvalue weighted by atomic mass is 9.96. The molecule has 3 aromatic carbocycles. The number of thiocarbonyl (C=S) groups is 1. The number of amides is 1. The van der Waals surface area contributed by atoms with Gasteiger partial charge in [0.1, 0.15) is 5.75 Å². The van der Waals surface area contributed by atoms with Crippen molar-refractivity contribution in [2.45, 2.75) is 25.9 Å². The number of nitrogens with zero attached hydrogens (tertiary/aromatic N) is 3. The number of benzene rings is 3. The van der Waals surface area contributed by atoms with Gasteiger partial charge >= 0.3 is 0 Å². The highest BCUT2D eigenvalue weighted by Crippen LogP contribution is 2.44. The van der Waals surface area contributed by atoms with Crippen molar-refractivity contribution in [3.63, 3.8) is 0 Å². The van der Waals surface area contributed by atoms with E-state index in [1.54, 1.807) is 6.20 Å². The number of anilines is 2. The molecule has 7 rings (SSSR count). The third-order valence-corrected chi connectivity index (χ3v) is 8.36. The Bertz CT molecular complexity index is 1860. The van der Waals surface area contributed by atoms with E-state index in [0.717, 1.165) is 45.5 Å². The molecule has 2 atom stereocenters. The lowest BCUT2D eigenvalue weighted by molar-refractivity contribution is -0.118. The molecule has 4 heterocycles. The fourth-order valence-corrected chi connectivity index (χ4v) is 6.37. The van der Waals surface area contributed by atoms with Gasteiger partial charge in [-0.3, -0.25) is 9.78 Å². The lowest BCUT2D eigenvalue weighted by Crippen LogP contribution is -2.29. The summed E-state index contributed by atoms with van der Waals surface area (Å²) in [6.07, 6.45) is 1.80. The van der Waals surface area contributed by atoms with Gasteiger partial charge in [0.25, 0.3) is 5.91 Å². The van der Waals surface area contributed by atoms with Crippen molar-refractivity contribution in [2.75, 3.05) is 23.6 Å². The van der Waals surface area contributed by atoms with E-state index in [9.17, 15) is 4.79 Å². The molecule has 1 amide bonds. The summed E-state index contributed by atoms with van der Waals surface area (Å²) in [6.45, 7) is 4.36. The van der Waals surface area contributed by atoms with Gasteiger partial charge < -0.3 is 34.3 Å². The zero-order valence-electron chi connectivity index (χ0n) is 24.8. The van der Waals surface area contributed by atoms with E-state index < -0.39 is 0 Å². The zero-order chi connectivity index (χ0) is 30.9. The van der Waals surface area contributed by atoms with Crippen molar-refractivity contribution in [1.29, 1.82) is 0 Å². The Morgan fingerprint density at radius 1 is 0.956 bits per heavy atom. The molecule has 226 valence electrons. The number of carbonyl (C=O) groups is 1. The first-order valence-electron chi connectivity index (χ1n) is 14.6. The van der Waals surface area contributed by atoms with Crippen LogP contribution in [0.2, 0.25) is 0 Å². The smallest absolute Gasteiger partial charge is 0.262 e. The Morgan fingerprint density at radius 2 is 1.71 bits per heavy atom. The van der Waals surface area contributed by atoms with Crippen LogP contribution in [-0.4, -0.2) is 34.0 Å². The molecular formula is C35H31N5O4S. The van der Waals surface area contributed by atoms with E-state index >= 15 is 0 Å². The van der Waals surface area contributed by atoms with E-state index in [-0.39, 0.29) is 31.4 Å². The largest absolute Gasteiger partial charge is 0.484 e. The van der Waals surface area contributed by atoms with Crippen LogP contribution in [0.4, 0.5) is 11.4 Å². The van der Waals surface area contributed by atoms with Crippen molar-refractivity contribution < 1.29 is 19.0 Å². The Morgan fingerprint density at radius 3 is 2.49 bits per heavy atom. The molecule has 0 radical (unpaired) electrons. The number of para-hydroxylation sites is 1. The second-order valence-electron chi connectivity index (χ2n) is 10.9. The molecule has 2 aliphatic rings. The molecule has 10 heteroatoms. The number of aryl methyl sites for hydroxylation is 1. The Kier molecular flexibility index (Phi) is 7.56. The number of rotatable bonds is 8. The van der Waals surface area contributed by atoms with Crippen molar-refractivity contribution >= 4 is 34.6 Å². The second kappa shape index (κ2) is 12.0. The average Bonchev–Trinajstić information content (AvgIpc) is 3.75. The predicted octanol–water partition coefficient (Wildman–Crippen LogP) is 6.41. The van der Waals surface area contributed by atoms with Crippen LogP contribution < -0.4 is 29.7 Å². The number of hydrogen-bond donors (Lipinski definition) is 2. The number of nitrogens with one attached hydrogen (secondary N) is 2. The predicted molar refractivity (Wildman–Crippen MR) is 176 cm³/mol. The molecule has 2 N–H and O–H groups in total. The standard InChI is InChI=1S/C35H31N5O4S/c1-22-18-28(23(2)39(22)26-15-16-30-31(19-26)44-21-43-30)34-33(29-10-6-7-17-36-29)38-35(45)40(34)25-13-11-24(12-14-25)37-32(41)20-42-27-8-4-3-5-9-27/h3-19,33-34H,20-21H2,1-2H3,(H,37,41)(H,38,45)/t33-,34-/m0/s1. The second-order valence-corrected chi connectivity index (χ2v) is 11.3. The van der Waals surface area contributed by atoms with Gasteiger partial charge in [0.15, 0.2) is 23.2 Å². The monoisotopic (exact) mass is 617 g/mol. The zero-order valence-corrected chi connectivity index (χ0v) is 25.6. The quantitative estimate of drug-likeness (QED) is 0.193. The Labute approximate surface area is 266 Å². The maximum atomic E-state index is 12.6. The molecule has 0 unspecified atom stereocenters. The molecule has 1 fully saturated rings. The van der Waals surface area contributed by atoms with Crippen molar-refractivity contribution in [2.24, 2.45) is 0 Å². The fraction of sp³-hybridized carbons (Fsp3) is 0.171. The van der Waals surface area contributed by atoms with Crippen LogP contribution in [-0.2, 0) is 4.79 Å². The summed E-state index contributed by atoms with van der Waals surface area (Å²) in [6, 6.07) is 30.7. The van der Waals surface area contributed by atoms with Gasteiger partial charge in [0.2, 0.25) is 6.79 Å². The minimum absolute atomic E-state index is 0.0846. The van der Waals surface area contributed by atoms with Crippen molar-refractivity contribution in [1.82, 2.24) is 14.9 Å². The number of hydrogen-bond acceptors (Lipinski definition) is 6. The minimum atomic E-state index is -0.242. The molecule has 2 aliphatic heterocycles. The van der Waals surface area contributed by atoms with Crippen LogP contribution in [0.25, 0.3) is 5.69 Å².